The Balaban J connectivity index is 1.85. The standard InChI is InChI=1S/C20H33NO4S/c1-13(2)14(3)10-15-6-7-18(17(11-15)24-5)26-12-19(22)21(4)16-8-9-25-20(16)23/h10,13,15-18H,6-9,11-12H2,1-5H3/b14-10+/t15?,16?,17-,18+/m1/s1. The lowest BCUT2D eigenvalue weighted by molar-refractivity contribution is -0.146. The molecular formula is C20H33NO4S. The van der Waals surface area contributed by atoms with Gasteiger partial charge < -0.3 is 14.4 Å². The summed E-state index contributed by atoms with van der Waals surface area (Å²) in [4.78, 5) is 25.6. The fraction of sp³-hybridized carbons (Fsp3) is 0.800. The van der Waals surface area contributed by atoms with Crippen LogP contribution >= 0.6 is 11.8 Å². The topological polar surface area (TPSA) is 55.8 Å². The van der Waals surface area contributed by atoms with Crippen LogP contribution < -0.4 is 0 Å². The van der Waals surface area contributed by atoms with Gasteiger partial charge in [-0.3, -0.25) is 4.79 Å². The smallest absolute Gasteiger partial charge is 0.328 e. The second kappa shape index (κ2) is 9.79. The third kappa shape index (κ3) is 5.49. The molecule has 5 nitrogen and oxygen atoms in total. The van der Waals surface area contributed by atoms with Crippen LogP contribution in [0.2, 0.25) is 0 Å². The van der Waals surface area contributed by atoms with Crippen molar-refractivity contribution >= 4 is 23.6 Å². The fourth-order valence-electron chi connectivity index (χ4n) is 3.58. The lowest BCUT2D eigenvalue weighted by Crippen LogP contribution is -2.41. The predicted octanol–water partition coefficient (Wildman–Crippen LogP) is 3.28. The summed E-state index contributed by atoms with van der Waals surface area (Å²) in [6, 6.07) is -0.416. The van der Waals surface area contributed by atoms with E-state index in [1.807, 2.05) is 0 Å². The Morgan fingerprint density at radius 1 is 1.38 bits per heavy atom. The molecule has 2 unspecified atom stereocenters. The molecular weight excluding hydrogens is 350 g/mol. The number of likely N-dealkylation sites (N-methyl/N-ethyl adjacent to an activating group) is 1. The van der Waals surface area contributed by atoms with Crippen molar-refractivity contribution in [1.82, 2.24) is 4.90 Å². The van der Waals surface area contributed by atoms with E-state index in [9.17, 15) is 9.59 Å². The SMILES string of the molecule is CO[C@@H]1CC(/C=C(\C)C(C)C)CC[C@@H]1SCC(=O)N(C)C1CCOC1=O. The number of thioether (sulfide) groups is 1. The van der Waals surface area contributed by atoms with Gasteiger partial charge in [0.15, 0.2) is 0 Å². The molecule has 148 valence electrons. The van der Waals surface area contributed by atoms with Gasteiger partial charge in [0.25, 0.3) is 0 Å². The van der Waals surface area contributed by atoms with Crippen LogP contribution in [0.3, 0.4) is 0 Å². The molecule has 0 aromatic heterocycles. The van der Waals surface area contributed by atoms with E-state index in [1.165, 1.54) is 5.57 Å². The Morgan fingerprint density at radius 3 is 2.69 bits per heavy atom. The Hall–Kier alpha value is -1.01. The average molecular weight is 384 g/mol. The summed E-state index contributed by atoms with van der Waals surface area (Å²) < 4.78 is 10.7. The Bertz CT molecular complexity index is 534. The number of esters is 1. The highest BCUT2D eigenvalue weighted by Crippen LogP contribution is 2.35. The molecule has 1 saturated heterocycles. The minimum Gasteiger partial charge on any atom is -0.464 e. The van der Waals surface area contributed by atoms with Crippen LogP contribution in [0.4, 0.5) is 0 Å². The third-order valence-corrected chi connectivity index (χ3v) is 7.05. The summed E-state index contributed by atoms with van der Waals surface area (Å²) in [7, 11) is 3.46. The molecule has 0 bridgehead atoms. The highest BCUT2D eigenvalue weighted by molar-refractivity contribution is 8.00. The highest BCUT2D eigenvalue weighted by atomic mass is 32.2. The van der Waals surface area contributed by atoms with Crippen LogP contribution in [0.25, 0.3) is 0 Å². The van der Waals surface area contributed by atoms with E-state index in [1.54, 1.807) is 30.8 Å². The first kappa shape index (κ1) is 21.3. The average Bonchev–Trinajstić information content (AvgIpc) is 3.05. The monoisotopic (exact) mass is 383 g/mol. The maximum Gasteiger partial charge on any atom is 0.328 e. The maximum absolute atomic E-state index is 12.4. The van der Waals surface area contributed by atoms with E-state index in [0.29, 0.717) is 35.9 Å². The zero-order valence-corrected chi connectivity index (χ0v) is 17.5. The Morgan fingerprint density at radius 2 is 2.12 bits per heavy atom. The van der Waals surface area contributed by atoms with Gasteiger partial charge in [-0.1, -0.05) is 25.5 Å². The molecule has 1 saturated carbocycles. The molecule has 0 aromatic carbocycles. The summed E-state index contributed by atoms with van der Waals surface area (Å²) in [6.45, 7) is 7.07. The summed E-state index contributed by atoms with van der Waals surface area (Å²) in [5.74, 6) is 1.24. The molecule has 0 N–H and O–H groups in total. The number of methoxy groups -OCH3 is 1. The number of nitrogens with zero attached hydrogens (tertiary/aromatic N) is 1. The maximum atomic E-state index is 12.4. The van der Waals surface area contributed by atoms with Gasteiger partial charge in [-0.05, 0) is 38.0 Å². The number of hydrogen-bond donors (Lipinski definition) is 0. The summed E-state index contributed by atoms with van der Waals surface area (Å²) in [5.41, 5.74) is 1.44. The van der Waals surface area contributed by atoms with Crippen molar-refractivity contribution in [3.05, 3.63) is 11.6 Å². The number of rotatable bonds is 7. The fourth-order valence-corrected chi connectivity index (χ4v) is 4.88. The molecule has 1 aliphatic heterocycles. The molecule has 2 fully saturated rings. The summed E-state index contributed by atoms with van der Waals surface area (Å²) in [6.07, 6.45) is 6.38. The zero-order valence-electron chi connectivity index (χ0n) is 16.7. The molecule has 2 rings (SSSR count). The first-order valence-electron chi connectivity index (χ1n) is 9.58. The van der Waals surface area contributed by atoms with Crippen molar-refractivity contribution in [2.75, 3.05) is 26.5 Å². The molecule has 1 aliphatic carbocycles. The van der Waals surface area contributed by atoms with Crippen LogP contribution in [0.15, 0.2) is 11.6 Å². The van der Waals surface area contributed by atoms with E-state index in [0.717, 1.165) is 19.3 Å². The van der Waals surface area contributed by atoms with Crippen molar-refractivity contribution in [3.8, 4) is 0 Å². The van der Waals surface area contributed by atoms with Gasteiger partial charge in [0.1, 0.15) is 6.04 Å². The second-order valence-electron chi connectivity index (χ2n) is 7.74. The number of allylic oxidation sites excluding steroid dienone is 2. The first-order valence-corrected chi connectivity index (χ1v) is 10.6. The van der Waals surface area contributed by atoms with Crippen molar-refractivity contribution in [2.24, 2.45) is 11.8 Å². The van der Waals surface area contributed by atoms with Gasteiger partial charge in [0, 0.05) is 25.8 Å². The highest BCUT2D eigenvalue weighted by Gasteiger charge is 2.34. The molecule has 0 spiro atoms. The minimum absolute atomic E-state index is 0.00799. The molecule has 1 amide bonds. The molecule has 0 aromatic rings. The van der Waals surface area contributed by atoms with Crippen molar-refractivity contribution in [1.29, 1.82) is 0 Å². The number of carbonyl (C=O) groups is 2. The van der Waals surface area contributed by atoms with Crippen LogP contribution in [-0.4, -0.2) is 60.7 Å². The zero-order chi connectivity index (χ0) is 19.3. The number of amides is 1. The first-order chi connectivity index (χ1) is 12.3. The quantitative estimate of drug-likeness (QED) is 0.499. The van der Waals surface area contributed by atoms with Crippen LogP contribution in [0, 0.1) is 11.8 Å². The molecule has 1 heterocycles. The van der Waals surface area contributed by atoms with Gasteiger partial charge in [0.05, 0.1) is 18.5 Å². The van der Waals surface area contributed by atoms with E-state index in [-0.39, 0.29) is 18.0 Å². The van der Waals surface area contributed by atoms with Gasteiger partial charge in [-0.15, -0.1) is 11.8 Å². The van der Waals surface area contributed by atoms with Gasteiger partial charge in [-0.25, -0.2) is 4.79 Å². The van der Waals surface area contributed by atoms with E-state index < -0.39 is 6.04 Å². The number of cyclic esters (lactones) is 1. The van der Waals surface area contributed by atoms with E-state index in [2.05, 4.69) is 26.8 Å². The Labute approximate surface area is 161 Å². The van der Waals surface area contributed by atoms with Crippen molar-refractivity contribution < 1.29 is 19.1 Å². The minimum atomic E-state index is -0.416. The van der Waals surface area contributed by atoms with Crippen molar-refractivity contribution in [3.63, 3.8) is 0 Å². The Kier molecular flexibility index (Phi) is 8.02. The van der Waals surface area contributed by atoms with E-state index >= 15 is 0 Å². The number of carbonyl (C=O) groups excluding carboxylic acids is 2. The summed E-state index contributed by atoms with van der Waals surface area (Å²) >= 11 is 1.66. The van der Waals surface area contributed by atoms with Crippen LogP contribution in [0.1, 0.15) is 46.5 Å². The lowest BCUT2D eigenvalue weighted by atomic mass is 9.84. The van der Waals surface area contributed by atoms with E-state index in [4.69, 9.17) is 9.47 Å². The largest absolute Gasteiger partial charge is 0.464 e. The summed E-state index contributed by atoms with van der Waals surface area (Å²) in [5, 5.41) is 0.330. The predicted molar refractivity (Wildman–Crippen MR) is 105 cm³/mol. The molecule has 2 aliphatic rings. The van der Waals surface area contributed by atoms with Crippen LogP contribution in [0.5, 0.6) is 0 Å². The molecule has 0 radical (unpaired) electrons. The molecule has 4 atom stereocenters. The van der Waals surface area contributed by atoms with Crippen LogP contribution in [-0.2, 0) is 19.1 Å². The van der Waals surface area contributed by atoms with Gasteiger partial charge >= 0.3 is 5.97 Å². The molecule has 26 heavy (non-hydrogen) atoms. The normalized spacial score (nSPS) is 29.8. The second-order valence-corrected chi connectivity index (χ2v) is 8.97. The van der Waals surface area contributed by atoms with Gasteiger partial charge in [0.2, 0.25) is 5.91 Å². The number of hydrogen-bond acceptors (Lipinski definition) is 5. The van der Waals surface area contributed by atoms with Gasteiger partial charge in [-0.2, -0.15) is 0 Å². The lowest BCUT2D eigenvalue weighted by Gasteiger charge is -2.34. The van der Waals surface area contributed by atoms with Crippen molar-refractivity contribution in [2.45, 2.75) is 63.9 Å². The third-order valence-electron chi connectivity index (χ3n) is 5.67. The molecule has 6 heteroatoms. The number of ether oxygens (including phenoxy) is 2.